The van der Waals surface area contributed by atoms with Gasteiger partial charge in [0.05, 0.1) is 19.2 Å². The van der Waals surface area contributed by atoms with Crippen LogP contribution in [0.5, 0.6) is 11.5 Å². The van der Waals surface area contributed by atoms with E-state index < -0.39 is 5.97 Å². The SMILES string of the molecule is COc1cc(-c2noc(SCC(=O)O)n2)cc(Cl)c1OC. The van der Waals surface area contributed by atoms with Crippen molar-refractivity contribution in [3.63, 3.8) is 0 Å². The van der Waals surface area contributed by atoms with Crippen LogP contribution in [0.25, 0.3) is 11.4 Å². The molecule has 112 valence electrons. The summed E-state index contributed by atoms with van der Waals surface area (Å²) in [7, 11) is 2.97. The van der Waals surface area contributed by atoms with Crippen LogP contribution in [-0.2, 0) is 4.79 Å². The molecular weight excluding hydrogens is 320 g/mol. The van der Waals surface area contributed by atoms with E-state index in [4.69, 9.17) is 30.7 Å². The third kappa shape index (κ3) is 3.59. The maximum atomic E-state index is 10.5. The molecule has 1 heterocycles. The van der Waals surface area contributed by atoms with Crippen LogP contribution in [0.15, 0.2) is 21.9 Å². The van der Waals surface area contributed by atoms with Crippen LogP contribution in [0, 0.1) is 0 Å². The summed E-state index contributed by atoms with van der Waals surface area (Å²) in [6.07, 6.45) is 0. The second-order valence-electron chi connectivity index (χ2n) is 3.76. The van der Waals surface area contributed by atoms with E-state index >= 15 is 0 Å². The maximum Gasteiger partial charge on any atom is 0.314 e. The molecule has 0 saturated carbocycles. The van der Waals surface area contributed by atoms with Crippen LogP contribution in [-0.4, -0.2) is 41.2 Å². The standard InChI is InChI=1S/C12H11ClN2O5S/c1-18-8-4-6(3-7(13)10(8)19-2)11-14-12(20-15-11)21-5-9(16)17/h3-4H,5H2,1-2H3,(H,16,17). The Morgan fingerprint density at radius 1 is 1.43 bits per heavy atom. The van der Waals surface area contributed by atoms with Crippen LogP contribution in [0.3, 0.4) is 0 Å². The lowest BCUT2D eigenvalue weighted by atomic mass is 10.2. The first kappa shape index (κ1) is 15.5. The zero-order chi connectivity index (χ0) is 15.4. The Balaban J connectivity index is 2.30. The molecule has 0 unspecified atom stereocenters. The van der Waals surface area contributed by atoms with Crippen molar-refractivity contribution in [1.29, 1.82) is 0 Å². The van der Waals surface area contributed by atoms with Crippen molar-refractivity contribution in [1.82, 2.24) is 10.1 Å². The van der Waals surface area contributed by atoms with Crippen LogP contribution in [0.2, 0.25) is 5.02 Å². The molecule has 2 aromatic rings. The zero-order valence-corrected chi connectivity index (χ0v) is 12.7. The lowest BCUT2D eigenvalue weighted by Crippen LogP contribution is -1.97. The van der Waals surface area contributed by atoms with E-state index in [0.29, 0.717) is 22.1 Å². The lowest BCUT2D eigenvalue weighted by Gasteiger charge is -2.10. The maximum absolute atomic E-state index is 10.5. The van der Waals surface area contributed by atoms with Crippen molar-refractivity contribution in [2.45, 2.75) is 5.22 Å². The van der Waals surface area contributed by atoms with Gasteiger partial charge < -0.3 is 19.1 Å². The summed E-state index contributed by atoms with van der Waals surface area (Å²) in [4.78, 5) is 14.6. The Labute approximate surface area is 129 Å². The normalized spacial score (nSPS) is 10.4. The zero-order valence-electron chi connectivity index (χ0n) is 11.1. The molecule has 1 aromatic heterocycles. The molecule has 21 heavy (non-hydrogen) atoms. The van der Waals surface area contributed by atoms with E-state index in [1.54, 1.807) is 12.1 Å². The number of aromatic nitrogens is 2. The van der Waals surface area contributed by atoms with Gasteiger partial charge in [-0.3, -0.25) is 4.79 Å². The van der Waals surface area contributed by atoms with E-state index in [-0.39, 0.29) is 16.8 Å². The highest BCUT2D eigenvalue weighted by molar-refractivity contribution is 7.99. The molecule has 0 saturated heterocycles. The van der Waals surface area contributed by atoms with Gasteiger partial charge in [-0.05, 0) is 12.1 Å². The highest BCUT2D eigenvalue weighted by Crippen LogP contribution is 2.38. The molecule has 9 heteroatoms. The number of halogens is 1. The van der Waals surface area contributed by atoms with Gasteiger partial charge in [0.1, 0.15) is 5.75 Å². The molecule has 0 aliphatic carbocycles. The summed E-state index contributed by atoms with van der Waals surface area (Å²) in [5, 5.41) is 12.9. The molecule has 0 amide bonds. The predicted octanol–water partition coefficient (Wildman–Crippen LogP) is 2.58. The van der Waals surface area contributed by atoms with Gasteiger partial charge in [0.2, 0.25) is 5.82 Å². The number of methoxy groups -OCH3 is 2. The smallest absolute Gasteiger partial charge is 0.314 e. The van der Waals surface area contributed by atoms with E-state index in [0.717, 1.165) is 11.8 Å². The second-order valence-corrected chi connectivity index (χ2v) is 5.09. The Kier molecular flexibility index (Phi) is 4.92. The van der Waals surface area contributed by atoms with Crippen molar-refractivity contribution in [2.75, 3.05) is 20.0 Å². The molecule has 0 aliphatic rings. The predicted molar refractivity (Wildman–Crippen MR) is 76.2 cm³/mol. The number of nitrogens with zero attached hydrogens (tertiary/aromatic N) is 2. The lowest BCUT2D eigenvalue weighted by molar-refractivity contribution is -0.133. The molecule has 0 atom stereocenters. The number of thioether (sulfide) groups is 1. The molecule has 0 bridgehead atoms. The van der Waals surface area contributed by atoms with Crippen molar-refractivity contribution >= 4 is 29.3 Å². The van der Waals surface area contributed by atoms with Crippen molar-refractivity contribution in [3.8, 4) is 22.9 Å². The number of benzene rings is 1. The number of rotatable bonds is 6. The minimum atomic E-state index is -0.964. The van der Waals surface area contributed by atoms with Gasteiger partial charge in [0.15, 0.2) is 11.5 Å². The third-order valence-electron chi connectivity index (χ3n) is 2.42. The average Bonchev–Trinajstić information content (AvgIpc) is 2.93. The van der Waals surface area contributed by atoms with Gasteiger partial charge in [-0.25, -0.2) is 0 Å². The molecule has 7 nitrogen and oxygen atoms in total. The molecule has 2 rings (SSSR count). The van der Waals surface area contributed by atoms with E-state index in [2.05, 4.69) is 10.1 Å². The molecule has 0 spiro atoms. The second kappa shape index (κ2) is 6.68. The fraction of sp³-hybridized carbons (Fsp3) is 0.250. The summed E-state index contributed by atoms with van der Waals surface area (Å²) >= 11 is 7.04. The van der Waals surface area contributed by atoms with Crippen LogP contribution in [0.1, 0.15) is 0 Å². The summed E-state index contributed by atoms with van der Waals surface area (Å²) in [5.74, 6) is 0.00463. The van der Waals surface area contributed by atoms with Gasteiger partial charge in [0.25, 0.3) is 5.22 Å². The summed E-state index contributed by atoms with van der Waals surface area (Å²) < 4.78 is 15.3. The Hall–Kier alpha value is -1.93. The summed E-state index contributed by atoms with van der Waals surface area (Å²) in [6, 6.07) is 3.26. The summed E-state index contributed by atoms with van der Waals surface area (Å²) in [5.41, 5.74) is 0.573. The Morgan fingerprint density at radius 2 is 2.19 bits per heavy atom. The average molecular weight is 331 g/mol. The van der Waals surface area contributed by atoms with Crippen LogP contribution >= 0.6 is 23.4 Å². The first-order chi connectivity index (χ1) is 10.0. The van der Waals surface area contributed by atoms with Crippen molar-refractivity contribution in [2.24, 2.45) is 0 Å². The minimum Gasteiger partial charge on any atom is -0.493 e. The van der Waals surface area contributed by atoms with Gasteiger partial charge in [-0.15, -0.1) is 0 Å². The number of ether oxygens (including phenoxy) is 2. The number of hydrogen-bond donors (Lipinski definition) is 1. The fourth-order valence-electron chi connectivity index (χ4n) is 1.56. The van der Waals surface area contributed by atoms with E-state index in [9.17, 15) is 4.79 Å². The molecule has 0 fully saturated rings. The Morgan fingerprint density at radius 3 is 2.81 bits per heavy atom. The number of hydrogen-bond acceptors (Lipinski definition) is 7. The van der Waals surface area contributed by atoms with Gasteiger partial charge in [-0.2, -0.15) is 4.98 Å². The third-order valence-corrected chi connectivity index (χ3v) is 3.50. The molecular formula is C12H11ClN2O5S. The number of carbonyl (C=O) groups is 1. The van der Waals surface area contributed by atoms with Gasteiger partial charge >= 0.3 is 5.97 Å². The highest BCUT2D eigenvalue weighted by Gasteiger charge is 2.16. The fourth-order valence-corrected chi connectivity index (χ4v) is 2.33. The van der Waals surface area contributed by atoms with Gasteiger partial charge in [0, 0.05) is 5.56 Å². The minimum absolute atomic E-state index is 0.158. The number of carboxylic acid groups (broad SMARTS) is 1. The van der Waals surface area contributed by atoms with Gasteiger partial charge in [-0.1, -0.05) is 28.5 Å². The highest BCUT2D eigenvalue weighted by atomic mass is 35.5. The van der Waals surface area contributed by atoms with Crippen molar-refractivity contribution in [3.05, 3.63) is 17.2 Å². The van der Waals surface area contributed by atoms with Crippen LogP contribution < -0.4 is 9.47 Å². The topological polar surface area (TPSA) is 94.7 Å². The largest absolute Gasteiger partial charge is 0.493 e. The number of carboxylic acids is 1. The first-order valence-corrected chi connectivity index (χ1v) is 7.01. The van der Waals surface area contributed by atoms with Crippen LogP contribution in [0.4, 0.5) is 0 Å². The number of aliphatic carboxylic acids is 1. The molecule has 1 aromatic carbocycles. The quantitative estimate of drug-likeness (QED) is 0.807. The molecule has 0 radical (unpaired) electrons. The molecule has 1 N–H and O–H groups in total. The van der Waals surface area contributed by atoms with E-state index in [1.165, 1.54) is 14.2 Å². The van der Waals surface area contributed by atoms with E-state index in [1.807, 2.05) is 0 Å². The first-order valence-electron chi connectivity index (χ1n) is 5.65. The monoisotopic (exact) mass is 330 g/mol. The molecule has 0 aliphatic heterocycles. The summed E-state index contributed by atoms with van der Waals surface area (Å²) in [6.45, 7) is 0. The van der Waals surface area contributed by atoms with Crippen molar-refractivity contribution < 1.29 is 23.9 Å². The Bertz CT molecular complexity index is 661.